The van der Waals surface area contributed by atoms with Gasteiger partial charge in [-0.25, -0.2) is 4.68 Å². The van der Waals surface area contributed by atoms with E-state index >= 15 is 0 Å². The molecular weight excluding hydrogens is 340 g/mol. The van der Waals surface area contributed by atoms with Crippen LogP contribution in [-0.2, 0) is 0 Å². The molecule has 4 nitrogen and oxygen atoms in total. The van der Waals surface area contributed by atoms with E-state index in [0.29, 0.717) is 0 Å². The molecule has 0 saturated carbocycles. The first-order valence-corrected chi connectivity index (χ1v) is 7.80. The average Bonchev–Trinajstić information content (AvgIpc) is 3.03. The van der Waals surface area contributed by atoms with Crippen LogP contribution < -0.4 is 5.32 Å². The first-order chi connectivity index (χ1) is 10.8. The molecule has 0 saturated heterocycles. The van der Waals surface area contributed by atoms with Crippen LogP contribution in [0.5, 0.6) is 0 Å². The minimum Gasteiger partial charge on any atom is -0.324 e. The number of aromatic nitrogens is 3. The Morgan fingerprint density at radius 1 is 1.05 bits per heavy atom. The lowest BCUT2D eigenvalue weighted by molar-refractivity contribution is 0.611. The van der Waals surface area contributed by atoms with Crippen LogP contribution in [-0.4, -0.2) is 14.8 Å². The van der Waals surface area contributed by atoms with Crippen molar-refractivity contribution in [1.29, 1.82) is 0 Å². The third-order valence-electron chi connectivity index (χ3n) is 3.68. The van der Waals surface area contributed by atoms with Gasteiger partial charge < -0.3 is 5.32 Å². The van der Waals surface area contributed by atoms with E-state index < -0.39 is 0 Å². The third kappa shape index (κ3) is 2.33. The third-order valence-corrected chi connectivity index (χ3v) is 4.18. The largest absolute Gasteiger partial charge is 0.324 e. The summed E-state index contributed by atoms with van der Waals surface area (Å²) >= 11 is 3.54. The van der Waals surface area contributed by atoms with Crippen LogP contribution in [0.3, 0.4) is 0 Å². The number of nitrogens with one attached hydrogen (secondary N) is 1. The highest BCUT2D eigenvalue weighted by atomic mass is 79.9. The molecule has 0 amide bonds. The van der Waals surface area contributed by atoms with Gasteiger partial charge in [0.1, 0.15) is 12.4 Å². The van der Waals surface area contributed by atoms with Crippen molar-refractivity contribution in [2.75, 3.05) is 5.32 Å². The van der Waals surface area contributed by atoms with E-state index in [1.165, 1.54) is 0 Å². The molecule has 1 atom stereocenters. The van der Waals surface area contributed by atoms with Crippen LogP contribution in [0.4, 0.5) is 5.95 Å². The second kappa shape index (κ2) is 5.42. The monoisotopic (exact) mass is 352 g/mol. The predicted octanol–water partition coefficient (Wildman–Crippen LogP) is 4.10. The summed E-state index contributed by atoms with van der Waals surface area (Å²) in [5.41, 5.74) is 3.35. The second-order valence-corrected chi connectivity index (χ2v) is 6.02. The SMILES string of the molecule is Brc1cccc([C@H]2C=C(c3ccccc3)Nc3ncnn32)c1. The second-order valence-electron chi connectivity index (χ2n) is 5.10. The molecule has 0 fully saturated rings. The van der Waals surface area contributed by atoms with Gasteiger partial charge in [0.15, 0.2) is 0 Å². The summed E-state index contributed by atoms with van der Waals surface area (Å²) < 4.78 is 2.95. The summed E-state index contributed by atoms with van der Waals surface area (Å²) in [5.74, 6) is 0.756. The summed E-state index contributed by atoms with van der Waals surface area (Å²) in [6.07, 6.45) is 3.76. The molecular formula is C17H13BrN4. The zero-order chi connectivity index (χ0) is 14.9. The first kappa shape index (κ1) is 13.3. The van der Waals surface area contributed by atoms with Crippen LogP contribution in [0.25, 0.3) is 5.70 Å². The fourth-order valence-corrected chi connectivity index (χ4v) is 3.06. The maximum Gasteiger partial charge on any atom is 0.226 e. The van der Waals surface area contributed by atoms with Crippen molar-refractivity contribution in [3.05, 3.63) is 82.6 Å². The Hall–Kier alpha value is -2.40. The molecule has 0 aliphatic carbocycles. The topological polar surface area (TPSA) is 42.7 Å². The molecule has 2 heterocycles. The Bertz CT molecular complexity index is 839. The summed E-state index contributed by atoms with van der Waals surface area (Å²) in [5, 5.41) is 7.70. The van der Waals surface area contributed by atoms with Gasteiger partial charge in [-0.2, -0.15) is 10.1 Å². The maximum absolute atomic E-state index is 4.36. The summed E-state index contributed by atoms with van der Waals surface area (Å²) in [6.45, 7) is 0. The van der Waals surface area contributed by atoms with Crippen LogP contribution >= 0.6 is 15.9 Å². The van der Waals surface area contributed by atoms with E-state index in [1.54, 1.807) is 6.33 Å². The van der Waals surface area contributed by atoms with Gasteiger partial charge >= 0.3 is 0 Å². The number of nitrogens with zero attached hydrogens (tertiary/aromatic N) is 3. The molecule has 22 heavy (non-hydrogen) atoms. The Balaban J connectivity index is 1.83. The van der Waals surface area contributed by atoms with E-state index in [2.05, 4.69) is 61.7 Å². The summed E-state index contributed by atoms with van der Waals surface area (Å²) in [7, 11) is 0. The zero-order valence-electron chi connectivity index (χ0n) is 11.6. The molecule has 3 aromatic rings. The number of allylic oxidation sites excluding steroid dienone is 1. The molecule has 0 bridgehead atoms. The zero-order valence-corrected chi connectivity index (χ0v) is 13.2. The van der Waals surface area contributed by atoms with E-state index in [9.17, 15) is 0 Å². The van der Waals surface area contributed by atoms with Crippen molar-refractivity contribution in [1.82, 2.24) is 14.8 Å². The van der Waals surface area contributed by atoms with Gasteiger partial charge in [-0.15, -0.1) is 0 Å². The average molecular weight is 353 g/mol. The molecule has 0 radical (unpaired) electrons. The number of benzene rings is 2. The number of fused-ring (bicyclic) bond motifs is 1. The fourth-order valence-electron chi connectivity index (χ4n) is 2.65. The molecule has 1 N–H and O–H groups in total. The lowest BCUT2D eigenvalue weighted by atomic mass is 10.0. The fraction of sp³-hybridized carbons (Fsp3) is 0.0588. The van der Waals surface area contributed by atoms with Crippen molar-refractivity contribution in [2.24, 2.45) is 0 Å². The maximum atomic E-state index is 4.36. The number of halogens is 1. The molecule has 1 aliphatic rings. The Morgan fingerprint density at radius 3 is 2.73 bits per heavy atom. The molecule has 108 valence electrons. The number of hydrogen-bond acceptors (Lipinski definition) is 3. The molecule has 2 aromatic carbocycles. The van der Waals surface area contributed by atoms with Gasteiger partial charge in [-0.1, -0.05) is 58.4 Å². The first-order valence-electron chi connectivity index (χ1n) is 7.00. The van der Waals surface area contributed by atoms with E-state index in [4.69, 9.17) is 0 Å². The van der Waals surface area contributed by atoms with Crippen molar-refractivity contribution in [3.63, 3.8) is 0 Å². The normalized spacial score (nSPS) is 16.6. The highest BCUT2D eigenvalue weighted by Crippen LogP contribution is 2.32. The Labute approximate surface area is 136 Å². The minimum absolute atomic E-state index is 0.0199. The standard InChI is InChI=1S/C17H13BrN4/c18-14-8-4-7-13(9-14)16-10-15(12-5-2-1-3-6-12)21-17-19-11-20-22(16)17/h1-11,16H,(H,19,20,21)/t16-/m1/s1. The van der Waals surface area contributed by atoms with E-state index in [-0.39, 0.29) is 6.04 Å². The summed E-state index contributed by atoms with van der Waals surface area (Å²) in [6, 6.07) is 18.5. The highest BCUT2D eigenvalue weighted by molar-refractivity contribution is 9.10. The number of rotatable bonds is 2. The van der Waals surface area contributed by atoms with Crippen LogP contribution in [0, 0.1) is 0 Å². The van der Waals surface area contributed by atoms with Crippen molar-refractivity contribution < 1.29 is 0 Å². The van der Waals surface area contributed by atoms with Crippen molar-refractivity contribution >= 4 is 27.6 Å². The van der Waals surface area contributed by atoms with Gasteiger partial charge in [-0.05, 0) is 29.3 Å². The van der Waals surface area contributed by atoms with Gasteiger partial charge in [0, 0.05) is 10.2 Å². The molecule has 0 spiro atoms. The van der Waals surface area contributed by atoms with Crippen molar-refractivity contribution in [3.8, 4) is 0 Å². The van der Waals surface area contributed by atoms with E-state index in [0.717, 1.165) is 27.2 Å². The van der Waals surface area contributed by atoms with Gasteiger partial charge in [0.25, 0.3) is 0 Å². The van der Waals surface area contributed by atoms with Crippen LogP contribution in [0.2, 0.25) is 0 Å². The van der Waals surface area contributed by atoms with Gasteiger partial charge in [-0.3, -0.25) is 0 Å². The van der Waals surface area contributed by atoms with Crippen molar-refractivity contribution in [2.45, 2.75) is 6.04 Å². The Morgan fingerprint density at radius 2 is 1.91 bits per heavy atom. The van der Waals surface area contributed by atoms with Gasteiger partial charge in [0.05, 0.1) is 0 Å². The lowest BCUT2D eigenvalue weighted by Gasteiger charge is -2.24. The van der Waals surface area contributed by atoms with E-state index in [1.807, 2.05) is 35.0 Å². The molecule has 1 aliphatic heterocycles. The summed E-state index contributed by atoms with van der Waals surface area (Å²) in [4.78, 5) is 4.32. The predicted molar refractivity (Wildman–Crippen MR) is 90.3 cm³/mol. The minimum atomic E-state index is 0.0199. The molecule has 0 unspecified atom stereocenters. The van der Waals surface area contributed by atoms with Crippen LogP contribution in [0.1, 0.15) is 17.2 Å². The molecule has 4 rings (SSSR count). The highest BCUT2D eigenvalue weighted by Gasteiger charge is 2.23. The quantitative estimate of drug-likeness (QED) is 0.754. The van der Waals surface area contributed by atoms with Crippen LogP contribution in [0.15, 0.2) is 71.5 Å². The Kier molecular flexibility index (Phi) is 3.27. The molecule has 5 heteroatoms. The van der Waals surface area contributed by atoms with Gasteiger partial charge in [0.2, 0.25) is 5.95 Å². The smallest absolute Gasteiger partial charge is 0.226 e. The lowest BCUT2D eigenvalue weighted by Crippen LogP contribution is -2.20. The number of hydrogen-bond donors (Lipinski definition) is 1. The number of anilines is 1. The molecule has 1 aromatic heterocycles.